The van der Waals surface area contributed by atoms with Crippen LogP contribution in [0.1, 0.15) is 19.3 Å². The fourth-order valence-corrected chi connectivity index (χ4v) is 1.10. The van der Waals surface area contributed by atoms with Crippen molar-refractivity contribution in [3.8, 4) is 0 Å². The first kappa shape index (κ1) is 12.7. The number of carboxylic acid groups (broad SMARTS) is 1. The number of nitrogens with one attached hydrogen (secondary N) is 1. The van der Waals surface area contributed by atoms with Crippen LogP contribution in [0.3, 0.4) is 0 Å². The zero-order valence-corrected chi connectivity index (χ0v) is 8.59. The number of unbranched alkanes of at least 4 members (excludes halogenated alkanes) is 1. The summed E-state index contributed by atoms with van der Waals surface area (Å²) in [5, 5.41) is 11.6. The summed E-state index contributed by atoms with van der Waals surface area (Å²) >= 11 is 4.04. The van der Waals surface area contributed by atoms with Crippen molar-refractivity contribution in [1.82, 2.24) is 5.32 Å². The summed E-state index contributed by atoms with van der Waals surface area (Å²) in [6, 6.07) is -0.704. The van der Waals surface area contributed by atoms with Crippen LogP contribution in [0, 0.1) is 0 Å². The number of thiol groups is 1. The molecule has 0 aromatic heterocycles. The van der Waals surface area contributed by atoms with Crippen LogP contribution in [0.2, 0.25) is 0 Å². The Kier molecular flexibility index (Phi) is 8.18. The molecule has 0 saturated carbocycles. The van der Waals surface area contributed by atoms with Gasteiger partial charge in [-0.05, 0) is 19.4 Å². The van der Waals surface area contributed by atoms with Gasteiger partial charge in [-0.15, -0.1) is 0 Å². The molecule has 0 fully saturated rings. The Morgan fingerprint density at radius 2 is 2.15 bits per heavy atom. The van der Waals surface area contributed by atoms with E-state index >= 15 is 0 Å². The van der Waals surface area contributed by atoms with Crippen molar-refractivity contribution in [2.45, 2.75) is 25.3 Å². The molecular formula is C8H18N2O2S. The summed E-state index contributed by atoms with van der Waals surface area (Å²) in [5.74, 6) is -0.0856. The molecule has 0 aromatic carbocycles. The summed E-state index contributed by atoms with van der Waals surface area (Å²) in [6.45, 7) is 1.81. The third-order valence-electron chi connectivity index (χ3n) is 1.72. The lowest BCUT2D eigenvalue weighted by Crippen LogP contribution is -2.30. The van der Waals surface area contributed by atoms with Crippen LogP contribution in [0.5, 0.6) is 0 Å². The molecule has 0 aliphatic heterocycles. The number of hydrogen-bond donors (Lipinski definition) is 4. The lowest BCUT2D eigenvalue weighted by Gasteiger charge is -2.06. The molecule has 0 radical (unpaired) electrons. The van der Waals surface area contributed by atoms with Gasteiger partial charge in [0.15, 0.2) is 0 Å². The summed E-state index contributed by atoms with van der Waals surface area (Å²) in [5.41, 5.74) is 5.33. The maximum Gasteiger partial charge on any atom is 0.320 e. The van der Waals surface area contributed by atoms with Gasteiger partial charge in [0.25, 0.3) is 0 Å². The topological polar surface area (TPSA) is 75.3 Å². The van der Waals surface area contributed by atoms with Crippen LogP contribution in [0.4, 0.5) is 0 Å². The molecule has 1 atom stereocenters. The number of carbonyl (C=O) groups is 1. The highest BCUT2D eigenvalue weighted by molar-refractivity contribution is 7.80. The summed E-state index contributed by atoms with van der Waals surface area (Å²) in [7, 11) is 0. The zero-order valence-electron chi connectivity index (χ0n) is 7.70. The van der Waals surface area contributed by atoms with Gasteiger partial charge in [-0.2, -0.15) is 12.6 Å². The number of nitrogens with two attached hydrogens (primary N) is 1. The number of aliphatic carboxylic acids is 1. The third kappa shape index (κ3) is 8.08. The molecule has 0 saturated heterocycles. The van der Waals surface area contributed by atoms with E-state index in [4.69, 9.17) is 10.8 Å². The van der Waals surface area contributed by atoms with Crippen molar-refractivity contribution >= 4 is 18.6 Å². The summed E-state index contributed by atoms with van der Waals surface area (Å²) < 4.78 is 0. The first-order valence-electron chi connectivity index (χ1n) is 4.48. The summed E-state index contributed by atoms with van der Waals surface area (Å²) in [6.07, 6.45) is 2.37. The van der Waals surface area contributed by atoms with Gasteiger partial charge in [0, 0.05) is 12.3 Å². The smallest absolute Gasteiger partial charge is 0.320 e. The van der Waals surface area contributed by atoms with Crippen molar-refractivity contribution in [3.63, 3.8) is 0 Å². The molecule has 0 aliphatic carbocycles. The fraction of sp³-hybridized carbons (Fsp3) is 0.875. The minimum Gasteiger partial charge on any atom is -0.480 e. The van der Waals surface area contributed by atoms with Crippen molar-refractivity contribution < 1.29 is 9.90 Å². The minimum atomic E-state index is -0.914. The zero-order chi connectivity index (χ0) is 10.1. The van der Waals surface area contributed by atoms with E-state index in [9.17, 15) is 4.79 Å². The van der Waals surface area contributed by atoms with Crippen LogP contribution in [-0.4, -0.2) is 36.0 Å². The Balaban J connectivity index is 3.11. The Morgan fingerprint density at radius 3 is 2.69 bits per heavy atom. The van der Waals surface area contributed by atoms with Crippen molar-refractivity contribution in [1.29, 1.82) is 0 Å². The fourth-order valence-electron chi connectivity index (χ4n) is 0.942. The van der Waals surface area contributed by atoms with E-state index in [1.165, 1.54) is 0 Å². The average molecular weight is 206 g/mol. The summed E-state index contributed by atoms with van der Waals surface area (Å²) in [4.78, 5) is 10.3. The highest BCUT2D eigenvalue weighted by atomic mass is 32.1. The van der Waals surface area contributed by atoms with Crippen LogP contribution in [0.15, 0.2) is 0 Å². The van der Waals surface area contributed by atoms with E-state index in [0.717, 1.165) is 31.7 Å². The SMILES string of the molecule is NC(CCCCNCCS)C(=O)O. The maximum atomic E-state index is 10.3. The van der Waals surface area contributed by atoms with Gasteiger partial charge in [0.1, 0.15) is 6.04 Å². The highest BCUT2D eigenvalue weighted by Gasteiger charge is 2.09. The van der Waals surface area contributed by atoms with Gasteiger partial charge >= 0.3 is 5.97 Å². The molecule has 0 heterocycles. The molecular weight excluding hydrogens is 188 g/mol. The second-order valence-corrected chi connectivity index (χ2v) is 3.36. The van der Waals surface area contributed by atoms with Crippen molar-refractivity contribution in [2.24, 2.45) is 5.73 Å². The normalized spacial score (nSPS) is 12.8. The van der Waals surface area contributed by atoms with Gasteiger partial charge in [-0.3, -0.25) is 4.79 Å². The van der Waals surface area contributed by atoms with Gasteiger partial charge in [0.2, 0.25) is 0 Å². The molecule has 1 unspecified atom stereocenters. The lowest BCUT2D eigenvalue weighted by molar-refractivity contribution is -0.138. The Bertz CT molecular complexity index is 144. The molecule has 4 N–H and O–H groups in total. The maximum absolute atomic E-state index is 10.3. The van der Waals surface area contributed by atoms with Crippen molar-refractivity contribution in [2.75, 3.05) is 18.8 Å². The highest BCUT2D eigenvalue weighted by Crippen LogP contribution is 1.97. The van der Waals surface area contributed by atoms with E-state index < -0.39 is 12.0 Å². The minimum absolute atomic E-state index is 0.553. The second kappa shape index (κ2) is 8.34. The number of hydrogen-bond acceptors (Lipinski definition) is 4. The molecule has 0 aromatic rings. The molecule has 0 amide bonds. The Morgan fingerprint density at radius 1 is 1.46 bits per heavy atom. The molecule has 0 spiro atoms. The Labute approximate surface area is 84.3 Å². The van der Waals surface area contributed by atoms with Gasteiger partial charge in [-0.1, -0.05) is 6.42 Å². The van der Waals surface area contributed by atoms with Crippen LogP contribution in [0.25, 0.3) is 0 Å². The van der Waals surface area contributed by atoms with Crippen LogP contribution in [-0.2, 0) is 4.79 Å². The Hall–Kier alpha value is -0.260. The third-order valence-corrected chi connectivity index (χ3v) is 1.95. The van der Waals surface area contributed by atoms with E-state index in [2.05, 4.69) is 17.9 Å². The van der Waals surface area contributed by atoms with Crippen LogP contribution >= 0.6 is 12.6 Å². The average Bonchev–Trinajstić information content (AvgIpc) is 2.10. The van der Waals surface area contributed by atoms with Crippen LogP contribution < -0.4 is 11.1 Å². The first-order chi connectivity index (χ1) is 6.18. The predicted molar refractivity (Wildman–Crippen MR) is 56.2 cm³/mol. The molecule has 0 aliphatic rings. The molecule has 4 nitrogen and oxygen atoms in total. The first-order valence-corrected chi connectivity index (χ1v) is 5.11. The van der Waals surface area contributed by atoms with Gasteiger partial charge in [-0.25, -0.2) is 0 Å². The predicted octanol–water partition coefficient (Wildman–Crippen LogP) is 0.0880. The van der Waals surface area contributed by atoms with Crippen molar-refractivity contribution in [3.05, 3.63) is 0 Å². The molecule has 5 heteroatoms. The van der Waals surface area contributed by atoms with E-state index in [0.29, 0.717) is 6.42 Å². The standard InChI is InChI=1S/C8H18N2O2S/c9-7(8(11)12)3-1-2-4-10-5-6-13/h7,10,13H,1-6,9H2,(H,11,12). The van der Waals surface area contributed by atoms with E-state index in [1.54, 1.807) is 0 Å². The van der Waals surface area contributed by atoms with E-state index in [-0.39, 0.29) is 0 Å². The van der Waals surface area contributed by atoms with Gasteiger partial charge < -0.3 is 16.2 Å². The molecule has 0 bridgehead atoms. The second-order valence-electron chi connectivity index (χ2n) is 2.91. The molecule has 78 valence electrons. The monoisotopic (exact) mass is 206 g/mol. The lowest BCUT2D eigenvalue weighted by atomic mass is 10.1. The number of carboxylic acids is 1. The molecule has 0 rings (SSSR count). The van der Waals surface area contributed by atoms with E-state index in [1.807, 2.05) is 0 Å². The number of rotatable bonds is 8. The largest absolute Gasteiger partial charge is 0.480 e. The molecule has 13 heavy (non-hydrogen) atoms. The van der Waals surface area contributed by atoms with Gasteiger partial charge in [0.05, 0.1) is 0 Å². The quantitative estimate of drug-likeness (QED) is 0.335.